The lowest BCUT2D eigenvalue weighted by Gasteiger charge is -2.08. The van der Waals surface area contributed by atoms with Crippen molar-refractivity contribution in [2.24, 2.45) is 5.92 Å². The van der Waals surface area contributed by atoms with E-state index in [1.807, 2.05) is 66.9 Å². The highest BCUT2D eigenvalue weighted by atomic mass is 32.1. The number of thiazole rings is 1. The van der Waals surface area contributed by atoms with E-state index in [1.165, 1.54) is 6.42 Å². The van der Waals surface area contributed by atoms with Gasteiger partial charge in [0.15, 0.2) is 5.76 Å². The maximum absolute atomic E-state index is 12.9. The molecule has 33 heavy (non-hydrogen) atoms. The van der Waals surface area contributed by atoms with Crippen LogP contribution in [0.1, 0.15) is 35.5 Å². The van der Waals surface area contributed by atoms with E-state index in [2.05, 4.69) is 23.3 Å². The predicted octanol–water partition coefficient (Wildman–Crippen LogP) is 6.99. The van der Waals surface area contributed by atoms with Gasteiger partial charge in [-0.2, -0.15) is 0 Å². The summed E-state index contributed by atoms with van der Waals surface area (Å²) in [5.41, 5.74) is 4.59. The molecule has 2 aromatic carbocycles. The topological polar surface area (TPSA) is 68.0 Å². The number of fused-ring (bicyclic) bond motifs is 1. The average molecular weight is 452 g/mol. The fourth-order valence-corrected chi connectivity index (χ4v) is 5.04. The van der Waals surface area contributed by atoms with Crippen LogP contribution in [0.2, 0.25) is 0 Å². The monoisotopic (exact) mass is 451 g/mol. The number of rotatable bonds is 5. The smallest absolute Gasteiger partial charge is 0.291 e. The summed E-state index contributed by atoms with van der Waals surface area (Å²) in [5, 5.41) is 3.85. The highest BCUT2D eigenvalue weighted by Crippen LogP contribution is 2.47. The van der Waals surface area contributed by atoms with Crippen LogP contribution in [-0.2, 0) is 0 Å². The van der Waals surface area contributed by atoms with Gasteiger partial charge in [0.05, 0.1) is 15.9 Å². The molecule has 162 valence electrons. The van der Waals surface area contributed by atoms with E-state index in [0.717, 1.165) is 32.0 Å². The quantitative estimate of drug-likeness (QED) is 0.313. The van der Waals surface area contributed by atoms with Gasteiger partial charge in [0.1, 0.15) is 10.8 Å². The molecular weight excluding hydrogens is 430 g/mol. The van der Waals surface area contributed by atoms with Crippen LogP contribution in [0.3, 0.4) is 0 Å². The van der Waals surface area contributed by atoms with E-state index >= 15 is 0 Å². The number of pyridine rings is 1. The lowest BCUT2D eigenvalue weighted by molar-refractivity contribution is 0.0997. The van der Waals surface area contributed by atoms with Gasteiger partial charge in [0.25, 0.3) is 5.91 Å². The van der Waals surface area contributed by atoms with Crippen molar-refractivity contribution in [1.29, 1.82) is 0 Å². The number of carbonyl (C=O) groups is 1. The Kier molecular flexibility index (Phi) is 4.80. The van der Waals surface area contributed by atoms with Gasteiger partial charge in [-0.1, -0.05) is 49.4 Å². The van der Waals surface area contributed by atoms with Crippen LogP contribution in [0.25, 0.3) is 32.1 Å². The first kappa shape index (κ1) is 19.9. The molecule has 0 spiro atoms. The summed E-state index contributed by atoms with van der Waals surface area (Å²) < 4.78 is 6.86. The van der Waals surface area contributed by atoms with Crippen molar-refractivity contribution in [3.63, 3.8) is 0 Å². The van der Waals surface area contributed by atoms with E-state index in [9.17, 15) is 4.79 Å². The number of para-hydroxylation sites is 1. The lowest BCUT2D eigenvalue weighted by Crippen LogP contribution is -2.11. The first-order valence-electron chi connectivity index (χ1n) is 11.0. The van der Waals surface area contributed by atoms with Crippen molar-refractivity contribution in [3.05, 3.63) is 90.4 Å². The first-order valence-corrected chi connectivity index (χ1v) is 11.8. The number of benzene rings is 2. The molecule has 6 heteroatoms. The number of hydrogen-bond acceptors (Lipinski definition) is 5. The van der Waals surface area contributed by atoms with Gasteiger partial charge in [-0.15, -0.1) is 11.3 Å². The molecule has 0 aliphatic heterocycles. The third-order valence-electron chi connectivity index (χ3n) is 6.08. The molecule has 0 saturated heterocycles. The second kappa shape index (κ2) is 7.98. The summed E-state index contributed by atoms with van der Waals surface area (Å²) in [6.07, 6.45) is 3.12. The zero-order chi connectivity index (χ0) is 22.4. The Morgan fingerprint density at radius 1 is 1.06 bits per heavy atom. The van der Waals surface area contributed by atoms with Gasteiger partial charge in [0, 0.05) is 28.9 Å². The second-order valence-electron chi connectivity index (χ2n) is 8.45. The van der Waals surface area contributed by atoms with Crippen molar-refractivity contribution in [2.75, 3.05) is 5.32 Å². The van der Waals surface area contributed by atoms with Crippen molar-refractivity contribution in [2.45, 2.75) is 19.3 Å². The minimum Gasteiger partial charge on any atom is -0.451 e. The van der Waals surface area contributed by atoms with Gasteiger partial charge in [-0.3, -0.25) is 9.78 Å². The molecule has 1 aliphatic carbocycles. The molecule has 1 unspecified atom stereocenters. The number of nitrogens with zero attached hydrogens (tertiary/aromatic N) is 2. The standard InChI is InChI=1S/C27H21N3O2S/c1-16-13-19(16)21-14-22-25(15-28-21)33-27(30-22)18-9-5-6-10-20(18)29-26(31)24-12-11-23(32-24)17-7-3-2-4-8-17/h2-12,14-16,19H,13H2,1H3,(H,29,31)/t16?,19-/m0/s1. The molecule has 3 aromatic heterocycles. The molecule has 2 atom stereocenters. The number of hydrogen-bond donors (Lipinski definition) is 1. The molecule has 0 radical (unpaired) electrons. The number of nitrogens with one attached hydrogen (secondary N) is 1. The zero-order valence-electron chi connectivity index (χ0n) is 18.0. The normalized spacial score (nSPS) is 17.2. The number of furan rings is 1. The second-order valence-corrected chi connectivity index (χ2v) is 9.48. The van der Waals surface area contributed by atoms with Crippen LogP contribution < -0.4 is 5.32 Å². The van der Waals surface area contributed by atoms with Crippen molar-refractivity contribution in [3.8, 4) is 21.9 Å². The molecular formula is C27H21N3O2S. The molecule has 5 nitrogen and oxygen atoms in total. The Morgan fingerprint density at radius 3 is 2.67 bits per heavy atom. The fraction of sp³-hybridized carbons (Fsp3) is 0.148. The van der Waals surface area contributed by atoms with E-state index in [1.54, 1.807) is 17.4 Å². The van der Waals surface area contributed by atoms with Crippen LogP contribution in [0.15, 0.2) is 83.4 Å². The zero-order valence-corrected chi connectivity index (χ0v) is 18.8. The average Bonchev–Trinajstić information content (AvgIpc) is 3.24. The van der Waals surface area contributed by atoms with Gasteiger partial charge < -0.3 is 9.73 Å². The Hall–Kier alpha value is -3.77. The largest absolute Gasteiger partial charge is 0.451 e. The maximum atomic E-state index is 12.9. The number of carbonyl (C=O) groups excluding carboxylic acids is 1. The Morgan fingerprint density at radius 2 is 1.85 bits per heavy atom. The third kappa shape index (κ3) is 3.83. The number of amides is 1. The fourth-order valence-electron chi connectivity index (χ4n) is 4.08. The van der Waals surface area contributed by atoms with Gasteiger partial charge in [-0.05, 0) is 42.7 Å². The first-order chi connectivity index (χ1) is 16.2. The van der Waals surface area contributed by atoms with Crippen molar-refractivity contribution >= 4 is 33.1 Å². The molecule has 1 amide bonds. The van der Waals surface area contributed by atoms with Crippen LogP contribution in [0.4, 0.5) is 5.69 Å². The van der Waals surface area contributed by atoms with Crippen LogP contribution in [0, 0.1) is 5.92 Å². The van der Waals surface area contributed by atoms with Crippen LogP contribution in [-0.4, -0.2) is 15.9 Å². The van der Waals surface area contributed by atoms with Crippen molar-refractivity contribution in [1.82, 2.24) is 9.97 Å². The summed E-state index contributed by atoms with van der Waals surface area (Å²) in [5.74, 6) is 1.89. The molecule has 1 N–H and O–H groups in total. The summed E-state index contributed by atoms with van der Waals surface area (Å²) in [7, 11) is 0. The highest BCUT2D eigenvalue weighted by molar-refractivity contribution is 7.21. The Bertz CT molecular complexity index is 1470. The molecule has 5 aromatic rings. The highest BCUT2D eigenvalue weighted by Gasteiger charge is 2.35. The van der Waals surface area contributed by atoms with Gasteiger partial charge in [-0.25, -0.2) is 4.98 Å². The molecule has 1 saturated carbocycles. The minimum atomic E-state index is -0.294. The summed E-state index contributed by atoms with van der Waals surface area (Å²) in [4.78, 5) is 22.5. The molecule has 0 bridgehead atoms. The Balaban J connectivity index is 1.28. The maximum Gasteiger partial charge on any atom is 0.291 e. The van der Waals surface area contributed by atoms with Crippen LogP contribution >= 0.6 is 11.3 Å². The van der Waals surface area contributed by atoms with E-state index in [4.69, 9.17) is 9.40 Å². The SMILES string of the molecule is CC1C[C@@H]1c1cc2nc(-c3ccccc3NC(=O)c3ccc(-c4ccccc4)o3)sc2cn1. The molecule has 3 heterocycles. The molecule has 1 fully saturated rings. The summed E-state index contributed by atoms with van der Waals surface area (Å²) in [6, 6.07) is 23.1. The van der Waals surface area contributed by atoms with Gasteiger partial charge in [0.2, 0.25) is 0 Å². The van der Waals surface area contributed by atoms with Crippen molar-refractivity contribution < 1.29 is 9.21 Å². The van der Waals surface area contributed by atoms with E-state index in [-0.39, 0.29) is 11.7 Å². The summed E-state index contributed by atoms with van der Waals surface area (Å²) in [6.45, 7) is 2.25. The minimum absolute atomic E-state index is 0.264. The van der Waals surface area contributed by atoms with E-state index in [0.29, 0.717) is 23.3 Å². The number of anilines is 1. The third-order valence-corrected chi connectivity index (χ3v) is 7.12. The van der Waals surface area contributed by atoms with Gasteiger partial charge >= 0.3 is 0 Å². The molecule has 1 aliphatic rings. The predicted molar refractivity (Wildman–Crippen MR) is 131 cm³/mol. The Labute approximate surface area is 195 Å². The number of aromatic nitrogens is 2. The summed E-state index contributed by atoms with van der Waals surface area (Å²) >= 11 is 1.58. The molecule has 6 rings (SSSR count). The van der Waals surface area contributed by atoms with E-state index < -0.39 is 0 Å². The lowest BCUT2D eigenvalue weighted by atomic mass is 10.2. The van der Waals surface area contributed by atoms with Crippen LogP contribution in [0.5, 0.6) is 0 Å².